The zero-order valence-electron chi connectivity index (χ0n) is 4.93. The van der Waals surface area contributed by atoms with Crippen LogP contribution in [0, 0.1) is 0 Å². The molecule has 0 saturated carbocycles. The van der Waals surface area contributed by atoms with Crippen LogP contribution in [0.2, 0.25) is 0 Å². The van der Waals surface area contributed by atoms with Crippen LogP contribution in [-0.2, 0) is 9.53 Å². The van der Waals surface area contributed by atoms with Gasteiger partial charge in [-0.3, -0.25) is 4.79 Å². The Balaban J connectivity index is 3.45. The third-order valence-electron chi connectivity index (χ3n) is 0.727. The summed E-state index contributed by atoms with van der Waals surface area (Å²) in [5.41, 5.74) is 1.83. The minimum absolute atomic E-state index is 0.146. The summed E-state index contributed by atoms with van der Waals surface area (Å²) >= 11 is 2.97. The van der Waals surface area contributed by atoms with E-state index in [1.54, 1.807) is 0 Å². The monoisotopic (exact) mass is 197 g/mol. The lowest BCUT2D eigenvalue weighted by Gasteiger charge is -2.03. The Kier molecular flexibility index (Phi) is 4.65. The summed E-state index contributed by atoms with van der Waals surface area (Å²) in [5.74, 6) is -0.406. The van der Waals surface area contributed by atoms with Crippen LogP contribution in [0.15, 0.2) is 0 Å². The molecule has 0 aliphatic heterocycles. The molecule has 9 heavy (non-hydrogen) atoms. The first kappa shape index (κ1) is 8.87. The number of carbonyl (C=O) groups excluding carboxylic acids is 1. The highest BCUT2D eigenvalue weighted by molar-refractivity contribution is 9.10. The van der Waals surface area contributed by atoms with Gasteiger partial charge in [0.05, 0.1) is 7.11 Å². The molecule has 4 nitrogen and oxygen atoms in total. The molecule has 0 spiro atoms. The predicted octanol–water partition coefficient (Wildman–Crippen LogP) is -0.0983. The van der Waals surface area contributed by atoms with Crippen molar-refractivity contribution in [1.29, 1.82) is 0 Å². The van der Waals surface area contributed by atoms with Crippen molar-refractivity contribution >= 4 is 21.9 Å². The molecule has 0 amide bonds. The fourth-order valence-electron chi connectivity index (χ4n) is 0.291. The van der Waals surface area contributed by atoms with Gasteiger partial charge in [0.25, 0.3) is 0 Å². The molecule has 0 aliphatic carbocycles. The second-order valence-electron chi connectivity index (χ2n) is 1.35. The van der Waals surface area contributed by atoms with E-state index in [2.05, 4.69) is 20.7 Å². The molecule has 0 saturated heterocycles. The third kappa shape index (κ3) is 3.45. The van der Waals surface area contributed by atoms with Crippen LogP contribution < -0.4 is 5.48 Å². The van der Waals surface area contributed by atoms with E-state index in [1.807, 2.05) is 5.48 Å². The molecule has 0 fully saturated rings. The molecule has 0 rings (SSSR count). The molecule has 5 heteroatoms. The van der Waals surface area contributed by atoms with Gasteiger partial charge in [0, 0.05) is 6.54 Å². The summed E-state index contributed by atoms with van der Waals surface area (Å²) in [6.45, 7) is 0.146. The van der Waals surface area contributed by atoms with Gasteiger partial charge in [0.15, 0.2) is 0 Å². The fraction of sp³-hybridized carbons (Fsp3) is 0.750. The number of esters is 1. The molecule has 0 aromatic heterocycles. The molecule has 0 radical (unpaired) electrons. The Morgan fingerprint density at radius 2 is 2.56 bits per heavy atom. The SMILES string of the molecule is COC(=O)C(Br)CNO. The van der Waals surface area contributed by atoms with Gasteiger partial charge >= 0.3 is 5.97 Å². The van der Waals surface area contributed by atoms with Crippen LogP contribution in [0.5, 0.6) is 0 Å². The van der Waals surface area contributed by atoms with Crippen molar-refractivity contribution in [3.05, 3.63) is 0 Å². The molecule has 54 valence electrons. The predicted molar refractivity (Wildman–Crippen MR) is 34.5 cm³/mol. The number of hydrogen-bond donors (Lipinski definition) is 2. The molecule has 0 bridgehead atoms. The van der Waals surface area contributed by atoms with Crippen LogP contribution >= 0.6 is 15.9 Å². The van der Waals surface area contributed by atoms with Gasteiger partial charge in [-0.15, -0.1) is 0 Å². The maximum atomic E-state index is 10.5. The van der Waals surface area contributed by atoms with Crippen LogP contribution in [0.4, 0.5) is 0 Å². The third-order valence-corrected chi connectivity index (χ3v) is 1.43. The average molecular weight is 198 g/mol. The minimum atomic E-state index is -0.479. The van der Waals surface area contributed by atoms with E-state index in [4.69, 9.17) is 5.21 Å². The highest BCUT2D eigenvalue weighted by Gasteiger charge is 2.13. The molecular weight excluding hydrogens is 190 g/mol. The largest absolute Gasteiger partial charge is 0.468 e. The van der Waals surface area contributed by atoms with Crippen molar-refractivity contribution < 1.29 is 14.7 Å². The van der Waals surface area contributed by atoms with Gasteiger partial charge in [-0.05, 0) is 0 Å². The van der Waals surface area contributed by atoms with Gasteiger partial charge < -0.3 is 9.94 Å². The number of halogens is 1. The number of ether oxygens (including phenoxy) is 1. The highest BCUT2D eigenvalue weighted by Crippen LogP contribution is 1.98. The maximum absolute atomic E-state index is 10.5. The number of hydrogen-bond acceptors (Lipinski definition) is 4. The van der Waals surface area contributed by atoms with Crippen LogP contribution in [0.1, 0.15) is 0 Å². The van der Waals surface area contributed by atoms with Crippen molar-refractivity contribution in [3.63, 3.8) is 0 Å². The lowest BCUT2D eigenvalue weighted by molar-refractivity contribution is -0.140. The highest BCUT2D eigenvalue weighted by atomic mass is 79.9. The summed E-state index contributed by atoms with van der Waals surface area (Å²) in [6, 6.07) is 0. The summed E-state index contributed by atoms with van der Waals surface area (Å²) in [7, 11) is 1.29. The maximum Gasteiger partial charge on any atom is 0.320 e. The first-order valence-corrected chi connectivity index (χ1v) is 3.22. The second kappa shape index (κ2) is 4.72. The molecule has 0 aromatic rings. The molecule has 0 heterocycles. The van der Waals surface area contributed by atoms with E-state index in [-0.39, 0.29) is 6.54 Å². The first-order valence-electron chi connectivity index (χ1n) is 2.31. The quantitative estimate of drug-likeness (QED) is 0.377. The fourth-order valence-corrected chi connectivity index (χ4v) is 0.623. The minimum Gasteiger partial charge on any atom is -0.468 e. The van der Waals surface area contributed by atoms with Gasteiger partial charge in [0.1, 0.15) is 4.83 Å². The van der Waals surface area contributed by atoms with Gasteiger partial charge in [0.2, 0.25) is 0 Å². The van der Waals surface area contributed by atoms with Crippen molar-refractivity contribution in [2.75, 3.05) is 13.7 Å². The first-order chi connectivity index (χ1) is 4.22. The molecule has 1 atom stereocenters. The van der Waals surface area contributed by atoms with Crippen molar-refractivity contribution in [2.24, 2.45) is 0 Å². The topological polar surface area (TPSA) is 58.6 Å². The van der Waals surface area contributed by atoms with Gasteiger partial charge in [-0.25, -0.2) is 5.48 Å². The lowest BCUT2D eigenvalue weighted by atomic mass is 10.4. The molecule has 0 aromatic carbocycles. The second-order valence-corrected chi connectivity index (χ2v) is 2.46. The van der Waals surface area contributed by atoms with Crippen LogP contribution in [-0.4, -0.2) is 29.7 Å². The van der Waals surface area contributed by atoms with Crippen molar-refractivity contribution in [3.8, 4) is 0 Å². The van der Waals surface area contributed by atoms with E-state index < -0.39 is 10.8 Å². The van der Waals surface area contributed by atoms with Gasteiger partial charge in [-0.2, -0.15) is 0 Å². The van der Waals surface area contributed by atoms with E-state index >= 15 is 0 Å². The van der Waals surface area contributed by atoms with E-state index in [9.17, 15) is 4.79 Å². The number of nitrogens with one attached hydrogen (secondary N) is 1. The number of hydroxylamine groups is 1. The van der Waals surface area contributed by atoms with Crippen LogP contribution in [0.25, 0.3) is 0 Å². The van der Waals surface area contributed by atoms with Gasteiger partial charge in [-0.1, -0.05) is 15.9 Å². The number of carbonyl (C=O) groups is 1. The molecular formula is C4H8BrNO3. The summed E-state index contributed by atoms with van der Waals surface area (Å²) in [6.07, 6.45) is 0. The normalized spacial score (nSPS) is 12.8. The average Bonchev–Trinajstić information content (AvgIpc) is 1.87. The zero-order valence-corrected chi connectivity index (χ0v) is 6.51. The Labute approximate surface area is 61.3 Å². The van der Waals surface area contributed by atoms with E-state index in [0.29, 0.717) is 0 Å². The van der Waals surface area contributed by atoms with E-state index in [0.717, 1.165) is 0 Å². The van der Waals surface area contributed by atoms with Crippen LogP contribution in [0.3, 0.4) is 0 Å². The smallest absolute Gasteiger partial charge is 0.320 e. The Hall–Kier alpha value is -0.130. The summed E-state index contributed by atoms with van der Waals surface area (Å²) in [4.78, 5) is 10.0. The molecule has 1 unspecified atom stereocenters. The standard InChI is InChI=1S/C4H8BrNO3/c1-9-4(7)3(5)2-6-8/h3,6,8H,2H2,1H3. The van der Waals surface area contributed by atoms with Crippen molar-refractivity contribution in [1.82, 2.24) is 5.48 Å². The van der Waals surface area contributed by atoms with E-state index in [1.165, 1.54) is 7.11 Å². The Morgan fingerprint density at radius 3 is 2.89 bits per heavy atom. The molecule has 0 aliphatic rings. The lowest BCUT2D eigenvalue weighted by Crippen LogP contribution is -2.27. The number of methoxy groups -OCH3 is 1. The number of rotatable bonds is 3. The number of alkyl halides is 1. The Morgan fingerprint density at radius 1 is 2.00 bits per heavy atom. The van der Waals surface area contributed by atoms with Crippen molar-refractivity contribution in [2.45, 2.75) is 4.83 Å². The zero-order chi connectivity index (χ0) is 7.28. The molecule has 2 N–H and O–H groups in total. The summed E-state index contributed by atoms with van der Waals surface area (Å²) in [5, 5.41) is 8.09. The Bertz CT molecular complexity index is 97.8. The summed E-state index contributed by atoms with van der Waals surface area (Å²) < 4.78 is 4.33.